The van der Waals surface area contributed by atoms with Crippen LogP contribution in [0.1, 0.15) is 57.1 Å². The molecule has 3 aliphatic rings. The summed E-state index contributed by atoms with van der Waals surface area (Å²) in [5, 5.41) is 3.46. The number of hydrogen-bond donors (Lipinski definition) is 1. The lowest BCUT2D eigenvalue weighted by molar-refractivity contribution is -0.129. The van der Waals surface area contributed by atoms with E-state index in [1.54, 1.807) is 18.6 Å². The largest absolute Gasteiger partial charge is 0.326 e. The van der Waals surface area contributed by atoms with E-state index in [-0.39, 0.29) is 29.1 Å². The summed E-state index contributed by atoms with van der Waals surface area (Å²) in [5.74, 6) is 0.0828. The number of aromatic nitrogens is 1. The van der Waals surface area contributed by atoms with Gasteiger partial charge in [-0.25, -0.2) is 4.98 Å². The Hall–Kier alpha value is -1.89. The zero-order valence-corrected chi connectivity index (χ0v) is 15.1. The molecule has 7 heteroatoms. The van der Waals surface area contributed by atoms with Crippen LogP contribution >= 0.6 is 11.8 Å². The van der Waals surface area contributed by atoms with Crippen molar-refractivity contribution < 1.29 is 9.59 Å². The van der Waals surface area contributed by atoms with Crippen molar-refractivity contribution in [2.75, 3.05) is 5.32 Å². The molecule has 1 aromatic rings. The Morgan fingerprint density at radius 3 is 2.92 bits per heavy atom. The molecule has 0 radical (unpaired) electrons. The highest BCUT2D eigenvalue weighted by Crippen LogP contribution is 2.50. The number of hydrogen-bond acceptors (Lipinski definition) is 5. The SMILES string of the molecule is CCC(=O)Nc1ccnc2c1C1N=CN(C3CCCCC3)C(=O)C1S2. The molecule has 6 nitrogen and oxygen atoms in total. The monoisotopic (exact) mass is 358 g/mol. The van der Waals surface area contributed by atoms with Gasteiger partial charge < -0.3 is 5.32 Å². The lowest BCUT2D eigenvalue weighted by Gasteiger charge is -2.36. The highest BCUT2D eigenvalue weighted by Gasteiger charge is 2.46. The summed E-state index contributed by atoms with van der Waals surface area (Å²) in [4.78, 5) is 35.8. The van der Waals surface area contributed by atoms with Crippen LogP contribution in [0, 0.1) is 0 Å². The van der Waals surface area contributed by atoms with Crippen molar-refractivity contribution in [3.8, 4) is 0 Å². The minimum absolute atomic E-state index is 0.0446. The third kappa shape index (κ3) is 2.94. The highest BCUT2D eigenvalue weighted by molar-refractivity contribution is 8.01. The van der Waals surface area contributed by atoms with Gasteiger partial charge in [0.05, 0.1) is 12.0 Å². The maximum absolute atomic E-state index is 13.1. The van der Waals surface area contributed by atoms with Crippen LogP contribution in [-0.2, 0) is 9.59 Å². The first-order valence-corrected chi connectivity index (χ1v) is 9.88. The van der Waals surface area contributed by atoms with E-state index in [9.17, 15) is 9.59 Å². The molecule has 1 saturated carbocycles. The molecule has 2 unspecified atom stereocenters. The molecule has 1 fully saturated rings. The van der Waals surface area contributed by atoms with Crippen molar-refractivity contribution >= 4 is 35.6 Å². The molecule has 3 heterocycles. The van der Waals surface area contributed by atoms with Gasteiger partial charge in [0.2, 0.25) is 11.8 Å². The fourth-order valence-corrected chi connectivity index (χ4v) is 5.11. The summed E-state index contributed by atoms with van der Waals surface area (Å²) in [5.41, 5.74) is 1.61. The zero-order chi connectivity index (χ0) is 17.4. The number of amides is 2. The minimum Gasteiger partial charge on any atom is -0.326 e. The summed E-state index contributed by atoms with van der Waals surface area (Å²) >= 11 is 1.48. The predicted octanol–water partition coefficient (Wildman–Crippen LogP) is 3.15. The van der Waals surface area contributed by atoms with Gasteiger partial charge in [-0.05, 0) is 18.9 Å². The Balaban J connectivity index is 1.62. The van der Waals surface area contributed by atoms with Crippen LogP contribution in [0.2, 0.25) is 0 Å². The molecule has 1 N–H and O–H groups in total. The predicted molar refractivity (Wildman–Crippen MR) is 97.8 cm³/mol. The molecule has 1 aromatic heterocycles. The van der Waals surface area contributed by atoms with Gasteiger partial charge in [-0.15, -0.1) is 0 Å². The average Bonchev–Trinajstić information content (AvgIpc) is 3.03. The minimum atomic E-state index is -0.269. The van der Waals surface area contributed by atoms with Gasteiger partial charge in [0.1, 0.15) is 16.3 Å². The summed E-state index contributed by atoms with van der Waals surface area (Å²) in [7, 11) is 0. The number of pyridine rings is 1. The van der Waals surface area contributed by atoms with Crippen molar-refractivity contribution in [3.63, 3.8) is 0 Å². The standard InChI is InChI=1S/C18H22N4O2S/c1-2-13(23)21-12-8-9-19-17-14(12)15-16(25-17)18(24)22(10-20-15)11-6-4-3-5-7-11/h8-11,15-16H,2-7H2,1H3,(H,19,21,23). The van der Waals surface area contributed by atoms with Gasteiger partial charge in [0, 0.05) is 24.2 Å². The van der Waals surface area contributed by atoms with Crippen LogP contribution in [0.5, 0.6) is 0 Å². The Bertz CT molecular complexity index is 730. The van der Waals surface area contributed by atoms with Gasteiger partial charge in [-0.3, -0.25) is 19.5 Å². The Labute approximate surface area is 151 Å². The molecule has 132 valence electrons. The third-order valence-corrected chi connectivity index (χ3v) is 6.45. The first-order chi connectivity index (χ1) is 12.2. The van der Waals surface area contributed by atoms with E-state index in [1.807, 2.05) is 11.8 Å². The number of carbonyl (C=O) groups is 2. The maximum Gasteiger partial charge on any atom is 0.244 e. The molecular formula is C18H22N4O2S. The van der Waals surface area contributed by atoms with E-state index >= 15 is 0 Å². The molecule has 2 aliphatic heterocycles. The normalized spacial score (nSPS) is 25.6. The second kappa shape index (κ2) is 6.78. The quantitative estimate of drug-likeness (QED) is 0.901. The second-order valence-corrected chi connectivity index (χ2v) is 7.89. The molecule has 0 aromatic carbocycles. The fourth-order valence-electron chi connectivity index (χ4n) is 3.84. The van der Waals surface area contributed by atoms with Crippen molar-refractivity contribution in [2.24, 2.45) is 4.99 Å². The number of nitrogens with one attached hydrogen (secondary N) is 1. The Morgan fingerprint density at radius 2 is 2.16 bits per heavy atom. The Kier molecular flexibility index (Phi) is 4.50. The van der Waals surface area contributed by atoms with Crippen molar-refractivity contribution in [2.45, 2.75) is 67.8 Å². The molecule has 0 spiro atoms. The molecular weight excluding hydrogens is 336 g/mol. The van der Waals surface area contributed by atoms with Gasteiger partial charge in [0.15, 0.2) is 0 Å². The van der Waals surface area contributed by atoms with Crippen molar-refractivity contribution in [3.05, 3.63) is 17.8 Å². The van der Waals surface area contributed by atoms with Gasteiger partial charge in [0.25, 0.3) is 0 Å². The molecule has 25 heavy (non-hydrogen) atoms. The van der Waals surface area contributed by atoms with Crippen LogP contribution in [0.3, 0.4) is 0 Å². The molecule has 1 aliphatic carbocycles. The van der Waals surface area contributed by atoms with E-state index in [2.05, 4.69) is 10.3 Å². The van der Waals surface area contributed by atoms with Crippen LogP contribution < -0.4 is 5.32 Å². The maximum atomic E-state index is 13.1. The Morgan fingerprint density at radius 1 is 1.36 bits per heavy atom. The second-order valence-electron chi connectivity index (χ2n) is 6.76. The van der Waals surface area contributed by atoms with Crippen LogP contribution in [0.4, 0.5) is 5.69 Å². The summed E-state index contributed by atoms with van der Waals surface area (Å²) in [6.07, 6.45) is 9.56. The first-order valence-electron chi connectivity index (χ1n) is 9.00. The number of thioether (sulfide) groups is 1. The third-order valence-electron chi connectivity index (χ3n) is 5.19. The van der Waals surface area contributed by atoms with Crippen molar-refractivity contribution in [1.82, 2.24) is 9.88 Å². The zero-order valence-electron chi connectivity index (χ0n) is 14.3. The van der Waals surface area contributed by atoms with Gasteiger partial charge in [-0.2, -0.15) is 0 Å². The first kappa shape index (κ1) is 16.6. The lowest BCUT2D eigenvalue weighted by Crippen LogP contribution is -2.48. The summed E-state index contributed by atoms with van der Waals surface area (Å²) in [6.45, 7) is 1.82. The van der Waals surface area contributed by atoms with Crippen LogP contribution in [0.25, 0.3) is 0 Å². The highest BCUT2D eigenvalue weighted by atomic mass is 32.2. The van der Waals surface area contributed by atoms with Crippen molar-refractivity contribution in [1.29, 1.82) is 0 Å². The lowest BCUT2D eigenvalue weighted by atomic mass is 9.93. The summed E-state index contributed by atoms with van der Waals surface area (Å²) < 4.78 is 0. The van der Waals surface area contributed by atoms with Gasteiger partial charge >= 0.3 is 0 Å². The number of carbonyl (C=O) groups excluding carboxylic acids is 2. The van der Waals surface area contributed by atoms with Gasteiger partial charge in [-0.1, -0.05) is 37.9 Å². The van der Waals surface area contributed by atoms with Crippen LogP contribution in [0.15, 0.2) is 22.3 Å². The number of anilines is 1. The summed E-state index contributed by atoms with van der Waals surface area (Å²) in [6, 6.07) is 1.82. The molecule has 0 bridgehead atoms. The van der Waals surface area contributed by atoms with E-state index in [0.717, 1.165) is 29.1 Å². The number of rotatable bonds is 3. The molecule has 2 atom stereocenters. The fraction of sp³-hybridized carbons (Fsp3) is 0.556. The van der Waals surface area contributed by atoms with E-state index in [4.69, 9.17) is 4.99 Å². The van der Waals surface area contributed by atoms with E-state index < -0.39 is 0 Å². The smallest absolute Gasteiger partial charge is 0.244 e. The van der Waals surface area contributed by atoms with E-state index in [1.165, 1.54) is 31.0 Å². The van der Waals surface area contributed by atoms with Crippen LogP contribution in [-0.4, -0.2) is 39.3 Å². The molecule has 4 rings (SSSR count). The molecule has 0 saturated heterocycles. The number of nitrogens with zero attached hydrogens (tertiary/aromatic N) is 3. The molecule has 2 amide bonds. The topological polar surface area (TPSA) is 74.7 Å². The average molecular weight is 358 g/mol. The number of aliphatic imine (C=N–C) groups is 1. The van der Waals surface area contributed by atoms with E-state index in [0.29, 0.717) is 6.42 Å². The number of fused-ring (bicyclic) bond motifs is 3.